The molecule has 5 nitrogen and oxygen atoms in total. The van der Waals surface area contributed by atoms with Gasteiger partial charge in [-0.2, -0.15) is 11.8 Å². The Morgan fingerprint density at radius 1 is 1.60 bits per heavy atom. The van der Waals surface area contributed by atoms with Crippen LogP contribution in [0.2, 0.25) is 0 Å². The fraction of sp³-hybridized carbons (Fsp3) is 0.571. The van der Waals surface area contributed by atoms with E-state index in [1.165, 1.54) is 11.8 Å². The van der Waals surface area contributed by atoms with Crippen LogP contribution in [0.3, 0.4) is 0 Å². The fourth-order valence-corrected chi connectivity index (χ4v) is 2.78. The van der Waals surface area contributed by atoms with Crippen molar-refractivity contribution in [3.63, 3.8) is 0 Å². The molecule has 1 aliphatic carbocycles. The average molecular weight is 296 g/mol. The molecule has 6 heteroatoms. The molecule has 1 atom stereocenters. The molecule has 0 unspecified atom stereocenters. The van der Waals surface area contributed by atoms with Crippen LogP contribution in [0.5, 0.6) is 5.75 Å². The monoisotopic (exact) mass is 296 g/mol. The van der Waals surface area contributed by atoms with Gasteiger partial charge in [-0.15, -0.1) is 0 Å². The van der Waals surface area contributed by atoms with Gasteiger partial charge in [-0.05, 0) is 36.6 Å². The Morgan fingerprint density at radius 3 is 2.95 bits per heavy atom. The van der Waals surface area contributed by atoms with Gasteiger partial charge in [0.2, 0.25) is 5.91 Å². The smallest absolute Gasteiger partial charge is 0.230 e. The highest BCUT2D eigenvalue weighted by atomic mass is 32.2. The maximum Gasteiger partial charge on any atom is 0.230 e. The summed E-state index contributed by atoms with van der Waals surface area (Å²) in [6.07, 6.45) is 6.45. The van der Waals surface area contributed by atoms with Crippen LogP contribution in [0.4, 0.5) is 0 Å². The molecule has 1 amide bonds. The number of hydrogen-bond acceptors (Lipinski definition) is 5. The maximum absolute atomic E-state index is 11.9. The van der Waals surface area contributed by atoms with E-state index in [4.69, 9.17) is 4.74 Å². The number of carbonyl (C=O) groups is 1. The minimum Gasteiger partial charge on any atom is -0.495 e. The second-order valence-electron chi connectivity index (χ2n) is 5.02. The number of pyridine rings is 1. The number of ether oxygens (including phenoxy) is 1. The minimum absolute atomic E-state index is 0.00621. The van der Waals surface area contributed by atoms with Crippen LogP contribution >= 0.6 is 11.8 Å². The lowest BCUT2D eigenvalue weighted by Crippen LogP contribution is -2.42. The fourth-order valence-electron chi connectivity index (χ4n) is 2.44. The molecule has 0 bridgehead atoms. The molecule has 20 heavy (non-hydrogen) atoms. The van der Waals surface area contributed by atoms with E-state index in [1.54, 1.807) is 19.5 Å². The topological polar surface area (TPSA) is 71.5 Å². The van der Waals surface area contributed by atoms with E-state index in [-0.39, 0.29) is 24.0 Å². The van der Waals surface area contributed by atoms with Gasteiger partial charge >= 0.3 is 0 Å². The Hall–Kier alpha value is -1.27. The van der Waals surface area contributed by atoms with Crippen molar-refractivity contribution in [2.75, 3.05) is 19.1 Å². The molecule has 0 aliphatic heterocycles. The summed E-state index contributed by atoms with van der Waals surface area (Å²) in [7, 11) is 1.59. The zero-order chi connectivity index (χ0) is 14.5. The molecule has 2 N–H and O–H groups in total. The van der Waals surface area contributed by atoms with Gasteiger partial charge in [-0.3, -0.25) is 9.78 Å². The van der Waals surface area contributed by atoms with Crippen LogP contribution in [0.15, 0.2) is 18.5 Å². The van der Waals surface area contributed by atoms with Crippen LogP contribution in [0.1, 0.15) is 24.4 Å². The van der Waals surface area contributed by atoms with Crippen molar-refractivity contribution in [2.45, 2.75) is 25.0 Å². The largest absolute Gasteiger partial charge is 0.495 e. The van der Waals surface area contributed by atoms with Crippen molar-refractivity contribution in [3.05, 3.63) is 24.0 Å². The molecule has 110 valence electrons. The number of amides is 1. The molecule has 1 fully saturated rings. The van der Waals surface area contributed by atoms with E-state index in [0.29, 0.717) is 24.3 Å². The Morgan fingerprint density at radius 2 is 2.35 bits per heavy atom. The lowest BCUT2D eigenvalue weighted by Gasteiger charge is -2.38. The molecule has 1 heterocycles. The third-order valence-electron chi connectivity index (χ3n) is 3.54. The first-order valence-corrected chi connectivity index (χ1v) is 7.98. The lowest BCUT2D eigenvalue weighted by atomic mass is 9.75. The lowest BCUT2D eigenvalue weighted by molar-refractivity contribution is -0.120. The predicted octanol–water partition coefficient (Wildman–Crippen LogP) is 1.38. The first-order chi connectivity index (χ1) is 9.63. The van der Waals surface area contributed by atoms with Crippen LogP contribution in [0, 0.1) is 5.92 Å². The maximum atomic E-state index is 11.9. The molecule has 0 aromatic carbocycles. The number of nitrogens with zero attached hydrogens (tertiary/aromatic N) is 1. The molecule has 1 saturated carbocycles. The molecule has 1 aliphatic rings. The Kier molecular flexibility index (Phi) is 5.25. The summed E-state index contributed by atoms with van der Waals surface area (Å²) in [6, 6.07) is 1.78. The summed E-state index contributed by atoms with van der Waals surface area (Å²) in [4.78, 5) is 16.0. The molecule has 0 radical (unpaired) electrons. The summed E-state index contributed by atoms with van der Waals surface area (Å²) in [5.74, 6) is 1.37. The van der Waals surface area contributed by atoms with Gasteiger partial charge < -0.3 is 15.2 Å². The third-order valence-corrected chi connectivity index (χ3v) is 4.09. The quantitative estimate of drug-likeness (QED) is 0.830. The van der Waals surface area contributed by atoms with Crippen LogP contribution in [-0.4, -0.2) is 41.2 Å². The summed E-state index contributed by atoms with van der Waals surface area (Å²) >= 11 is 1.49. The van der Waals surface area contributed by atoms with Crippen molar-refractivity contribution >= 4 is 17.7 Å². The van der Waals surface area contributed by atoms with Crippen molar-refractivity contribution < 1.29 is 14.6 Å². The zero-order valence-corrected chi connectivity index (χ0v) is 12.5. The summed E-state index contributed by atoms with van der Waals surface area (Å²) in [5.41, 5.74) is 0.927. The zero-order valence-electron chi connectivity index (χ0n) is 11.7. The number of aliphatic hydroxyl groups excluding tert-OH is 1. The SMILES string of the molecule is COc1cncc([C@H](NC(=O)CSC)C2CC(O)C2)c1. The van der Waals surface area contributed by atoms with Gasteiger partial charge in [0, 0.05) is 6.20 Å². The normalized spacial score (nSPS) is 22.8. The van der Waals surface area contributed by atoms with Crippen molar-refractivity contribution in [1.29, 1.82) is 0 Å². The number of aliphatic hydroxyl groups is 1. The van der Waals surface area contributed by atoms with Gasteiger partial charge in [0.1, 0.15) is 5.75 Å². The Labute approximate surface area is 123 Å². The first kappa shape index (κ1) is 15.1. The molecule has 1 aromatic heterocycles. The van der Waals surface area contributed by atoms with Gasteiger partial charge in [0.05, 0.1) is 31.2 Å². The summed E-state index contributed by atoms with van der Waals surface area (Å²) < 4.78 is 5.18. The molecular formula is C14H20N2O3S. The number of methoxy groups -OCH3 is 1. The number of carbonyl (C=O) groups excluding carboxylic acids is 1. The molecule has 0 spiro atoms. The van der Waals surface area contributed by atoms with Crippen LogP contribution in [-0.2, 0) is 4.79 Å². The first-order valence-electron chi connectivity index (χ1n) is 6.59. The van der Waals surface area contributed by atoms with E-state index >= 15 is 0 Å². The highest BCUT2D eigenvalue weighted by Crippen LogP contribution is 2.38. The minimum atomic E-state index is -0.251. The van der Waals surface area contributed by atoms with Crippen LogP contribution < -0.4 is 10.1 Å². The second kappa shape index (κ2) is 6.95. The van der Waals surface area contributed by atoms with E-state index in [2.05, 4.69) is 10.3 Å². The van der Waals surface area contributed by atoms with Crippen molar-refractivity contribution in [3.8, 4) is 5.75 Å². The molecule has 1 aromatic rings. The number of aromatic nitrogens is 1. The van der Waals surface area contributed by atoms with E-state index in [9.17, 15) is 9.90 Å². The Balaban J connectivity index is 2.14. The standard InChI is InChI=1S/C14H20N2O3S/c1-19-12-5-10(6-15-7-12)14(9-3-11(17)4-9)16-13(18)8-20-2/h5-7,9,11,14,17H,3-4,8H2,1-2H3,(H,16,18)/t9?,11?,14-/m1/s1. The molecule has 2 rings (SSSR count). The number of nitrogens with one attached hydrogen (secondary N) is 1. The highest BCUT2D eigenvalue weighted by molar-refractivity contribution is 7.99. The molecule has 0 saturated heterocycles. The van der Waals surface area contributed by atoms with Gasteiger partial charge in [-0.1, -0.05) is 0 Å². The van der Waals surface area contributed by atoms with Gasteiger partial charge in [-0.25, -0.2) is 0 Å². The third kappa shape index (κ3) is 3.64. The number of thioether (sulfide) groups is 1. The van der Waals surface area contributed by atoms with Crippen molar-refractivity contribution in [2.24, 2.45) is 5.92 Å². The Bertz CT molecular complexity index is 463. The summed E-state index contributed by atoms with van der Waals surface area (Å²) in [6.45, 7) is 0. The van der Waals surface area contributed by atoms with Gasteiger partial charge in [0.25, 0.3) is 0 Å². The second-order valence-corrected chi connectivity index (χ2v) is 5.89. The van der Waals surface area contributed by atoms with E-state index in [1.807, 2.05) is 12.3 Å². The molecular weight excluding hydrogens is 276 g/mol. The van der Waals surface area contributed by atoms with E-state index in [0.717, 1.165) is 5.56 Å². The van der Waals surface area contributed by atoms with Crippen molar-refractivity contribution in [1.82, 2.24) is 10.3 Å². The predicted molar refractivity (Wildman–Crippen MR) is 78.8 cm³/mol. The number of rotatable bonds is 6. The average Bonchev–Trinajstić information content (AvgIpc) is 2.42. The van der Waals surface area contributed by atoms with Crippen LogP contribution in [0.25, 0.3) is 0 Å². The van der Waals surface area contributed by atoms with E-state index < -0.39 is 0 Å². The summed E-state index contributed by atoms with van der Waals surface area (Å²) in [5, 5.41) is 12.5. The number of hydrogen-bond donors (Lipinski definition) is 2. The van der Waals surface area contributed by atoms with Gasteiger partial charge in [0.15, 0.2) is 0 Å². The highest BCUT2D eigenvalue weighted by Gasteiger charge is 2.35.